The van der Waals surface area contributed by atoms with E-state index in [1.807, 2.05) is 57.3 Å². The number of carbonyl (C=O) groups excluding carboxylic acids is 2. The number of hydrogen-bond acceptors (Lipinski definition) is 7. The normalized spacial score (nSPS) is 13.6. The Balaban J connectivity index is 1.69. The predicted molar refractivity (Wildman–Crippen MR) is 122 cm³/mol. The molecule has 0 aliphatic carbocycles. The minimum absolute atomic E-state index is 0.230. The first-order chi connectivity index (χ1) is 15.3. The first-order valence-corrected chi connectivity index (χ1v) is 10.6. The van der Waals surface area contributed by atoms with Crippen LogP contribution in [0.4, 0.5) is 4.79 Å². The lowest BCUT2D eigenvalue weighted by molar-refractivity contribution is -0.147. The number of allylic oxidation sites excluding steroid dienone is 1. The summed E-state index contributed by atoms with van der Waals surface area (Å²) in [7, 11) is 5.58. The molecule has 8 heteroatoms. The summed E-state index contributed by atoms with van der Waals surface area (Å²) < 4.78 is 17.2. The zero-order chi connectivity index (χ0) is 23.3. The fourth-order valence-corrected chi connectivity index (χ4v) is 3.43. The highest BCUT2D eigenvalue weighted by Crippen LogP contribution is 2.27. The third-order valence-electron chi connectivity index (χ3n) is 5.27. The van der Waals surface area contributed by atoms with Gasteiger partial charge in [-0.25, -0.2) is 9.59 Å². The highest BCUT2D eigenvalue weighted by Gasteiger charge is 2.19. The molecule has 0 fully saturated rings. The summed E-state index contributed by atoms with van der Waals surface area (Å²) in [5.41, 5.74) is 2.22. The number of carbonyl (C=O) groups is 2. The quantitative estimate of drug-likeness (QED) is 0.456. The molecule has 1 aromatic carbocycles. The van der Waals surface area contributed by atoms with E-state index in [9.17, 15) is 9.59 Å². The zero-order valence-corrected chi connectivity index (χ0v) is 19.3. The van der Waals surface area contributed by atoms with Crippen molar-refractivity contribution in [3.63, 3.8) is 0 Å². The number of aromatic nitrogens is 1. The van der Waals surface area contributed by atoms with Crippen LogP contribution in [0.25, 0.3) is 10.9 Å². The van der Waals surface area contributed by atoms with Crippen LogP contribution >= 0.6 is 0 Å². The van der Waals surface area contributed by atoms with Crippen molar-refractivity contribution in [2.75, 3.05) is 34.5 Å². The Labute approximate surface area is 188 Å². The first kappa shape index (κ1) is 23.4. The third-order valence-corrected chi connectivity index (χ3v) is 5.27. The summed E-state index contributed by atoms with van der Waals surface area (Å²) in [4.78, 5) is 29.2. The molecule has 0 saturated heterocycles. The van der Waals surface area contributed by atoms with E-state index in [-0.39, 0.29) is 6.04 Å². The predicted octanol–water partition coefficient (Wildman–Crippen LogP) is 3.75. The van der Waals surface area contributed by atoms with Crippen molar-refractivity contribution in [2.45, 2.75) is 32.7 Å². The topological polar surface area (TPSA) is 73.2 Å². The van der Waals surface area contributed by atoms with Crippen molar-refractivity contribution in [3.8, 4) is 5.75 Å². The Morgan fingerprint density at radius 2 is 1.97 bits per heavy atom. The maximum Gasteiger partial charge on any atom is 0.421 e. The zero-order valence-electron chi connectivity index (χ0n) is 19.3. The van der Waals surface area contributed by atoms with Gasteiger partial charge in [0.05, 0.1) is 18.2 Å². The van der Waals surface area contributed by atoms with Crippen molar-refractivity contribution in [1.29, 1.82) is 0 Å². The molecule has 2 aromatic rings. The van der Waals surface area contributed by atoms with Gasteiger partial charge >= 0.3 is 12.1 Å². The van der Waals surface area contributed by atoms with Crippen LogP contribution in [0, 0.1) is 0 Å². The summed E-state index contributed by atoms with van der Waals surface area (Å²) in [6.45, 7) is 4.44. The van der Waals surface area contributed by atoms with Gasteiger partial charge in [0.15, 0.2) is 0 Å². The van der Waals surface area contributed by atoms with E-state index in [2.05, 4.69) is 4.90 Å². The SMILES string of the molecule is COc1ccc2c(CCN(C)C)cn(C(=O)OCOC(=O)C3=CN(C(C)C)C=CC3)c2c1. The highest BCUT2D eigenvalue weighted by molar-refractivity contribution is 5.93. The Bertz CT molecular complexity index is 1040. The molecule has 0 saturated carbocycles. The van der Waals surface area contributed by atoms with Crippen molar-refractivity contribution < 1.29 is 23.8 Å². The maximum absolute atomic E-state index is 12.8. The van der Waals surface area contributed by atoms with Crippen LogP contribution in [0.3, 0.4) is 0 Å². The van der Waals surface area contributed by atoms with E-state index in [1.54, 1.807) is 25.6 Å². The third kappa shape index (κ3) is 5.50. The van der Waals surface area contributed by atoms with Crippen LogP contribution in [0.15, 0.2) is 48.4 Å². The van der Waals surface area contributed by atoms with Gasteiger partial charge in [0.1, 0.15) is 5.75 Å². The number of fused-ring (bicyclic) bond motifs is 1. The average Bonchev–Trinajstić information content (AvgIpc) is 3.15. The number of ether oxygens (including phenoxy) is 3. The fourth-order valence-electron chi connectivity index (χ4n) is 3.43. The Morgan fingerprint density at radius 1 is 1.19 bits per heavy atom. The van der Waals surface area contributed by atoms with Crippen molar-refractivity contribution in [1.82, 2.24) is 14.4 Å². The molecule has 0 radical (unpaired) electrons. The van der Waals surface area contributed by atoms with E-state index in [4.69, 9.17) is 14.2 Å². The van der Waals surface area contributed by atoms with Crippen molar-refractivity contribution >= 4 is 23.0 Å². The molecule has 1 aliphatic heterocycles. The van der Waals surface area contributed by atoms with E-state index in [1.165, 1.54) is 4.57 Å². The summed E-state index contributed by atoms with van der Waals surface area (Å²) in [6.07, 6.45) is 8.00. The summed E-state index contributed by atoms with van der Waals surface area (Å²) in [6, 6.07) is 5.83. The number of nitrogens with zero attached hydrogens (tertiary/aromatic N) is 3. The lowest BCUT2D eigenvalue weighted by Gasteiger charge is -2.24. The molecular formula is C24H31N3O5. The number of rotatable bonds is 8. The standard InChI is InChI=1S/C24H31N3O5/c1-17(2)26-11-6-7-19(14-26)23(28)31-16-32-24(29)27-15-18(10-12-25(3)4)21-9-8-20(30-5)13-22(21)27/h6,8-9,11,13-15,17H,7,10,12,16H2,1-5H3. The minimum atomic E-state index is -0.617. The molecule has 2 heterocycles. The van der Waals surface area contributed by atoms with Crippen LogP contribution < -0.4 is 4.74 Å². The molecular weight excluding hydrogens is 410 g/mol. The Morgan fingerprint density at radius 3 is 2.66 bits per heavy atom. The Hall–Kier alpha value is -3.26. The van der Waals surface area contributed by atoms with Crippen LogP contribution in [-0.4, -0.2) is 67.0 Å². The molecule has 0 atom stereocenters. The molecule has 0 bridgehead atoms. The largest absolute Gasteiger partial charge is 0.497 e. The number of likely N-dealkylation sites (N-methyl/N-ethyl adjacent to an activating group) is 1. The molecule has 1 aromatic heterocycles. The van der Waals surface area contributed by atoms with Crippen molar-refractivity contribution in [3.05, 3.63) is 54.0 Å². The van der Waals surface area contributed by atoms with Gasteiger partial charge in [0, 0.05) is 49.1 Å². The average molecular weight is 442 g/mol. The second-order valence-corrected chi connectivity index (χ2v) is 8.20. The summed E-state index contributed by atoms with van der Waals surface area (Å²) >= 11 is 0. The van der Waals surface area contributed by atoms with Gasteiger partial charge < -0.3 is 24.0 Å². The maximum atomic E-state index is 12.8. The van der Waals surface area contributed by atoms with Gasteiger partial charge in [0.25, 0.3) is 0 Å². The molecule has 0 N–H and O–H groups in total. The van der Waals surface area contributed by atoms with Gasteiger partial charge in [-0.3, -0.25) is 4.57 Å². The molecule has 1 aliphatic rings. The fraction of sp³-hybridized carbons (Fsp3) is 0.417. The van der Waals surface area contributed by atoms with E-state index in [0.717, 1.165) is 23.9 Å². The van der Waals surface area contributed by atoms with Crippen LogP contribution in [0.2, 0.25) is 0 Å². The van der Waals surface area contributed by atoms with Gasteiger partial charge in [-0.15, -0.1) is 0 Å². The van der Waals surface area contributed by atoms with E-state index >= 15 is 0 Å². The van der Waals surface area contributed by atoms with Gasteiger partial charge in [-0.2, -0.15) is 0 Å². The monoisotopic (exact) mass is 441 g/mol. The lowest BCUT2D eigenvalue weighted by atomic mass is 10.1. The number of methoxy groups -OCH3 is 1. The van der Waals surface area contributed by atoms with Crippen LogP contribution in [0.5, 0.6) is 5.75 Å². The second kappa shape index (κ2) is 10.4. The van der Waals surface area contributed by atoms with Gasteiger partial charge in [-0.05, 0) is 52.1 Å². The molecule has 3 rings (SSSR count). The lowest BCUT2D eigenvalue weighted by Crippen LogP contribution is -2.24. The minimum Gasteiger partial charge on any atom is -0.497 e. The number of esters is 1. The van der Waals surface area contributed by atoms with Gasteiger partial charge in [0.2, 0.25) is 6.79 Å². The summed E-state index contributed by atoms with van der Waals surface area (Å²) in [5.74, 6) is 0.140. The molecule has 0 unspecified atom stereocenters. The number of hydrogen-bond donors (Lipinski definition) is 0. The molecule has 32 heavy (non-hydrogen) atoms. The molecule has 0 spiro atoms. The summed E-state index contributed by atoms with van der Waals surface area (Å²) in [5, 5.41) is 0.953. The van der Waals surface area contributed by atoms with Gasteiger partial charge in [-0.1, -0.05) is 6.08 Å². The molecule has 8 nitrogen and oxygen atoms in total. The van der Waals surface area contributed by atoms with E-state index in [0.29, 0.717) is 23.3 Å². The van der Waals surface area contributed by atoms with Crippen molar-refractivity contribution in [2.24, 2.45) is 0 Å². The second-order valence-electron chi connectivity index (χ2n) is 8.20. The van der Waals surface area contributed by atoms with E-state index < -0.39 is 18.9 Å². The first-order valence-electron chi connectivity index (χ1n) is 10.6. The Kier molecular flexibility index (Phi) is 7.58. The highest BCUT2D eigenvalue weighted by atomic mass is 16.7. The van der Waals surface area contributed by atoms with Crippen LogP contribution in [-0.2, 0) is 20.7 Å². The number of benzene rings is 1. The molecule has 172 valence electrons. The smallest absolute Gasteiger partial charge is 0.421 e. The van der Waals surface area contributed by atoms with Crippen LogP contribution in [0.1, 0.15) is 25.8 Å². The molecule has 0 amide bonds.